The summed E-state index contributed by atoms with van der Waals surface area (Å²) in [5, 5.41) is 3.54. The van der Waals surface area contributed by atoms with E-state index in [-0.39, 0.29) is 17.7 Å². The van der Waals surface area contributed by atoms with E-state index in [0.717, 1.165) is 23.5 Å². The van der Waals surface area contributed by atoms with Gasteiger partial charge >= 0.3 is 0 Å². The number of carbonyl (C=O) groups excluding carboxylic acids is 1. The van der Waals surface area contributed by atoms with Crippen molar-refractivity contribution >= 4 is 29.0 Å². The van der Waals surface area contributed by atoms with Gasteiger partial charge in [-0.25, -0.2) is 4.99 Å². The van der Waals surface area contributed by atoms with Gasteiger partial charge < -0.3 is 5.32 Å². The minimum absolute atomic E-state index is 0.0403. The summed E-state index contributed by atoms with van der Waals surface area (Å²) in [6, 6.07) is 7.95. The minimum atomic E-state index is 0.0403. The number of amides is 1. The lowest BCUT2D eigenvalue weighted by molar-refractivity contribution is -0.121. The van der Waals surface area contributed by atoms with Gasteiger partial charge in [-0.2, -0.15) is 0 Å². The highest BCUT2D eigenvalue weighted by Crippen LogP contribution is 2.40. The second kappa shape index (κ2) is 6.32. The number of nitrogens with zero attached hydrogens (tertiary/aromatic N) is 1. The Morgan fingerprint density at radius 1 is 1.41 bits per heavy atom. The van der Waals surface area contributed by atoms with Crippen LogP contribution >= 0.6 is 11.6 Å². The Morgan fingerprint density at radius 2 is 2.23 bits per heavy atom. The number of rotatable bonds is 4. The third-order valence-electron chi connectivity index (χ3n) is 3.86. The van der Waals surface area contributed by atoms with Gasteiger partial charge in [0.2, 0.25) is 5.91 Å². The first-order valence-corrected chi connectivity index (χ1v) is 7.68. The molecule has 1 fully saturated rings. The Labute approximate surface area is 135 Å². The Bertz CT molecular complexity index is 703. The smallest absolute Gasteiger partial charge is 0.229 e. The van der Waals surface area contributed by atoms with Crippen LogP contribution in [0.25, 0.3) is 0 Å². The van der Waals surface area contributed by atoms with Gasteiger partial charge in [-0.3, -0.25) is 4.79 Å². The molecule has 0 radical (unpaired) electrons. The van der Waals surface area contributed by atoms with Crippen LogP contribution in [0.15, 0.2) is 65.2 Å². The number of carbonyl (C=O) groups is 1. The van der Waals surface area contributed by atoms with Crippen molar-refractivity contribution in [2.45, 2.75) is 12.8 Å². The fraction of sp³-hybridized carbons (Fsp3) is 0.222. The molecule has 22 heavy (non-hydrogen) atoms. The van der Waals surface area contributed by atoms with Crippen LogP contribution < -0.4 is 5.32 Å². The fourth-order valence-electron chi connectivity index (χ4n) is 2.53. The Kier molecular flexibility index (Phi) is 4.25. The lowest BCUT2D eigenvalue weighted by Crippen LogP contribution is -2.32. The number of para-hydroxylation sites is 1. The zero-order valence-electron chi connectivity index (χ0n) is 12.1. The van der Waals surface area contributed by atoms with Gasteiger partial charge in [-0.05, 0) is 30.0 Å². The highest BCUT2D eigenvalue weighted by atomic mass is 35.5. The third-order valence-corrected chi connectivity index (χ3v) is 4.14. The SMILES string of the molecule is C=C/C(Cl)=C\C=C\C1CC1C(=O)NC1=Nc2ccccc2C1. The van der Waals surface area contributed by atoms with Crippen molar-refractivity contribution in [1.29, 1.82) is 0 Å². The Balaban J connectivity index is 1.52. The van der Waals surface area contributed by atoms with Gasteiger partial charge in [0.1, 0.15) is 5.84 Å². The first kappa shape index (κ1) is 14.8. The van der Waals surface area contributed by atoms with Crippen molar-refractivity contribution in [3.63, 3.8) is 0 Å². The number of nitrogens with one attached hydrogen (secondary N) is 1. The van der Waals surface area contributed by atoms with E-state index in [4.69, 9.17) is 11.6 Å². The molecule has 1 aliphatic carbocycles. The molecule has 1 amide bonds. The quantitative estimate of drug-likeness (QED) is 0.842. The van der Waals surface area contributed by atoms with Crippen LogP contribution in [0.3, 0.4) is 0 Å². The molecule has 1 N–H and O–H groups in total. The van der Waals surface area contributed by atoms with Crippen LogP contribution in [0.4, 0.5) is 5.69 Å². The highest BCUT2D eigenvalue weighted by Gasteiger charge is 2.41. The number of hydrogen-bond acceptors (Lipinski definition) is 2. The second-order valence-electron chi connectivity index (χ2n) is 5.50. The number of fused-ring (bicyclic) bond motifs is 1. The molecule has 3 rings (SSSR count). The summed E-state index contributed by atoms with van der Waals surface area (Å²) in [6.45, 7) is 3.58. The van der Waals surface area contributed by atoms with Gasteiger partial charge in [0, 0.05) is 17.4 Å². The molecule has 2 unspecified atom stereocenters. The lowest BCUT2D eigenvalue weighted by atomic mass is 10.1. The van der Waals surface area contributed by atoms with Crippen LogP contribution in [0.5, 0.6) is 0 Å². The Hall–Kier alpha value is -2.13. The predicted octanol–water partition coefficient (Wildman–Crippen LogP) is 3.89. The molecule has 1 aromatic rings. The van der Waals surface area contributed by atoms with Crippen molar-refractivity contribution in [1.82, 2.24) is 5.32 Å². The van der Waals surface area contributed by atoms with Crippen LogP contribution in [0.2, 0.25) is 0 Å². The molecular formula is C18H17ClN2O. The summed E-state index contributed by atoms with van der Waals surface area (Å²) in [5.74, 6) is 1.13. The van der Waals surface area contributed by atoms with Gasteiger partial charge in [0.15, 0.2) is 0 Å². The summed E-state index contributed by atoms with van der Waals surface area (Å²) >= 11 is 5.82. The molecule has 112 valence electrons. The number of amidine groups is 1. The average Bonchev–Trinajstić information content (AvgIpc) is 3.17. The molecular weight excluding hydrogens is 296 g/mol. The van der Waals surface area contributed by atoms with Crippen LogP contribution in [0.1, 0.15) is 12.0 Å². The summed E-state index contributed by atoms with van der Waals surface area (Å²) in [6.07, 6.45) is 8.83. The Morgan fingerprint density at radius 3 is 3.00 bits per heavy atom. The molecule has 3 nitrogen and oxygen atoms in total. The second-order valence-corrected chi connectivity index (χ2v) is 5.94. The van der Waals surface area contributed by atoms with Gasteiger partial charge in [0.25, 0.3) is 0 Å². The van der Waals surface area contributed by atoms with Crippen molar-refractivity contribution < 1.29 is 4.79 Å². The largest absolute Gasteiger partial charge is 0.314 e. The van der Waals surface area contributed by atoms with Gasteiger partial charge in [-0.15, -0.1) is 0 Å². The van der Waals surface area contributed by atoms with Crippen molar-refractivity contribution in [2.24, 2.45) is 16.8 Å². The summed E-state index contributed by atoms with van der Waals surface area (Å²) in [5.41, 5.74) is 2.11. The average molecular weight is 313 g/mol. The van der Waals surface area contributed by atoms with Gasteiger partial charge in [0.05, 0.1) is 5.69 Å². The zero-order valence-corrected chi connectivity index (χ0v) is 12.9. The van der Waals surface area contributed by atoms with Crippen LogP contribution in [-0.2, 0) is 11.2 Å². The van der Waals surface area contributed by atoms with E-state index in [1.165, 1.54) is 0 Å². The zero-order chi connectivity index (χ0) is 15.5. The predicted molar refractivity (Wildman–Crippen MR) is 90.3 cm³/mol. The molecule has 2 atom stereocenters. The standard InChI is InChI=1S/C18H17ClN2O/c1-2-14(19)8-5-7-12-10-15(12)18(22)21-17-11-13-6-3-4-9-16(13)20-17/h2-9,12,15H,1,10-11H2,(H,20,21,22)/b7-5+,14-8+. The van der Waals surface area contributed by atoms with E-state index in [1.807, 2.05) is 36.4 Å². The minimum Gasteiger partial charge on any atom is -0.314 e. The molecule has 0 aromatic heterocycles. The molecule has 1 saturated carbocycles. The first-order chi connectivity index (χ1) is 10.7. The molecule has 0 bridgehead atoms. The number of allylic oxidation sites excluding steroid dienone is 5. The van der Waals surface area contributed by atoms with Crippen LogP contribution in [0, 0.1) is 11.8 Å². The van der Waals surface area contributed by atoms with E-state index in [1.54, 1.807) is 12.2 Å². The molecule has 1 aromatic carbocycles. The van der Waals surface area contributed by atoms with Gasteiger partial charge in [-0.1, -0.05) is 54.6 Å². The number of benzene rings is 1. The van der Waals surface area contributed by atoms with E-state index in [2.05, 4.69) is 16.9 Å². The molecule has 4 heteroatoms. The van der Waals surface area contributed by atoms with Crippen molar-refractivity contribution in [3.05, 3.63) is 65.7 Å². The third kappa shape index (κ3) is 3.37. The monoisotopic (exact) mass is 312 g/mol. The molecule has 0 spiro atoms. The van der Waals surface area contributed by atoms with E-state index >= 15 is 0 Å². The van der Waals surface area contributed by atoms with Crippen LogP contribution in [-0.4, -0.2) is 11.7 Å². The normalized spacial score (nSPS) is 23.1. The topological polar surface area (TPSA) is 41.5 Å². The summed E-state index contributed by atoms with van der Waals surface area (Å²) in [7, 11) is 0. The molecule has 0 saturated heterocycles. The van der Waals surface area contributed by atoms with Crippen molar-refractivity contribution in [3.8, 4) is 0 Å². The summed E-state index contributed by atoms with van der Waals surface area (Å²) in [4.78, 5) is 16.6. The fourth-order valence-corrected chi connectivity index (χ4v) is 2.60. The number of aliphatic imine (C=N–C) groups is 1. The van der Waals surface area contributed by atoms with E-state index < -0.39 is 0 Å². The highest BCUT2D eigenvalue weighted by molar-refractivity contribution is 6.31. The number of hydrogen-bond donors (Lipinski definition) is 1. The maximum atomic E-state index is 12.2. The first-order valence-electron chi connectivity index (χ1n) is 7.30. The van der Waals surface area contributed by atoms with Crippen molar-refractivity contribution in [2.75, 3.05) is 0 Å². The molecule has 1 heterocycles. The molecule has 1 aliphatic heterocycles. The maximum Gasteiger partial charge on any atom is 0.229 e. The number of halogens is 1. The molecule has 2 aliphatic rings. The lowest BCUT2D eigenvalue weighted by Gasteiger charge is -2.02. The van der Waals surface area contributed by atoms with E-state index in [0.29, 0.717) is 11.5 Å². The van der Waals surface area contributed by atoms with E-state index in [9.17, 15) is 4.79 Å². The summed E-state index contributed by atoms with van der Waals surface area (Å²) < 4.78 is 0. The maximum absolute atomic E-state index is 12.2.